The Morgan fingerprint density at radius 2 is 2.00 bits per heavy atom. The van der Waals surface area contributed by atoms with Crippen LogP contribution in [-0.4, -0.2) is 21.0 Å². The number of nitriles is 1. The van der Waals surface area contributed by atoms with Crippen LogP contribution in [0.1, 0.15) is 22.5 Å². The van der Waals surface area contributed by atoms with Gasteiger partial charge >= 0.3 is 0 Å². The van der Waals surface area contributed by atoms with Crippen LogP contribution in [-0.2, 0) is 11.3 Å². The molecule has 5 nitrogen and oxygen atoms in total. The molecule has 1 aromatic carbocycles. The number of carbonyl (C=O) groups excluding carboxylic acids is 2. The lowest BCUT2D eigenvalue weighted by atomic mass is 10.1. The largest absolute Gasteiger partial charge is 0.293 e. The highest BCUT2D eigenvalue weighted by molar-refractivity contribution is 8.18. The van der Waals surface area contributed by atoms with Crippen molar-refractivity contribution in [2.24, 2.45) is 0 Å². The van der Waals surface area contributed by atoms with Crippen LogP contribution < -0.4 is 0 Å². The third-order valence-electron chi connectivity index (χ3n) is 3.53. The third kappa shape index (κ3) is 3.21. The molecule has 24 heavy (non-hydrogen) atoms. The highest BCUT2D eigenvalue weighted by Crippen LogP contribution is 2.33. The Bertz CT molecular complexity index is 899. The van der Waals surface area contributed by atoms with Gasteiger partial charge in [-0.1, -0.05) is 24.3 Å². The van der Waals surface area contributed by atoms with Crippen LogP contribution in [0.25, 0.3) is 6.08 Å². The molecule has 0 spiro atoms. The molecule has 1 fully saturated rings. The van der Waals surface area contributed by atoms with E-state index in [2.05, 4.69) is 11.1 Å². The van der Waals surface area contributed by atoms with Crippen LogP contribution in [0, 0.1) is 18.3 Å². The van der Waals surface area contributed by atoms with Gasteiger partial charge in [0.2, 0.25) is 0 Å². The fourth-order valence-electron chi connectivity index (χ4n) is 2.35. The van der Waals surface area contributed by atoms with Crippen LogP contribution in [0.4, 0.5) is 4.79 Å². The Kier molecular flexibility index (Phi) is 4.45. The predicted molar refractivity (Wildman–Crippen MR) is 91.6 cm³/mol. The van der Waals surface area contributed by atoms with Gasteiger partial charge in [-0.05, 0) is 48.5 Å². The molecule has 2 aromatic rings. The van der Waals surface area contributed by atoms with Crippen LogP contribution in [0.5, 0.6) is 0 Å². The number of aromatic nitrogens is 1. The van der Waals surface area contributed by atoms with Gasteiger partial charge in [-0.15, -0.1) is 0 Å². The molecule has 3 rings (SSSR count). The van der Waals surface area contributed by atoms with Crippen molar-refractivity contribution in [3.63, 3.8) is 0 Å². The summed E-state index contributed by atoms with van der Waals surface area (Å²) in [7, 11) is 0. The maximum absolute atomic E-state index is 12.5. The number of nitrogens with zero attached hydrogens (tertiary/aromatic N) is 3. The zero-order chi connectivity index (χ0) is 17.1. The number of rotatable bonds is 3. The van der Waals surface area contributed by atoms with E-state index < -0.39 is 0 Å². The Labute approximate surface area is 143 Å². The Balaban J connectivity index is 1.86. The molecule has 1 aromatic heterocycles. The summed E-state index contributed by atoms with van der Waals surface area (Å²) in [6, 6.07) is 14.5. The summed E-state index contributed by atoms with van der Waals surface area (Å²) in [5.41, 5.74) is 2.59. The molecule has 0 radical (unpaired) electrons. The maximum Gasteiger partial charge on any atom is 0.293 e. The second-order valence-electron chi connectivity index (χ2n) is 5.24. The molecule has 6 heteroatoms. The summed E-state index contributed by atoms with van der Waals surface area (Å²) in [5, 5.41) is 8.79. The minimum absolute atomic E-state index is 0.0903. The van der Waals surface area contributed by atoms with Crippen molar-refractivity contribution in [1.82, 2.24) is 9.88 Å². The highest BCUT2D eigenvalue weighted by Gasteiger charge is 2.35. The van der Waals surface area contributed by atoms with E-state index in [-0.39, 0.29) is 17.7 Å². The minimum atomic E-state index is -0.360. The number of hydrogen-bond acceptors (Lipinski definition) is 5. The summed E-state index contributed by atoms with van der Waals surface area (Å²) < 4.78 is 0. The van der Waals surface area contributed by atoms with E-state index in [1.807, 2.05) is 19.1 Å². The van der Waals surface area contributed by atoms with Crippen molar-refractivity contribution >= 4 is 29.0 Å². The SMILES string of the molecule is Cc1cccc(/C=C2\SC(=O)N(Cc3ccccc3C#N)C2=O)n1. The molecular formula is C18H13N3O2S. The average molecular weight is 335 g/mol. The molecule has 2 heterocycles. The van der Waals surface area contributed by atoms with E-state index in [9.17, 15) is 9.59 Å². The van der Waals surface area contributed by atoms with E-state index in [1.54, 1.807) is 36.4 Å². The second kappa shape index (κ2) is 6.69. The fourth-order valence-corrected chi connectivity index (χ4v) is 3.18. The summed E-state index contributed by atoms with van der Waals surface area (Å²) in [4.78, 5) is 30.5. The predicted octanol–water partition coefficient (Wildman–Crippen LogP) is 3.50. The molecule has 0 atom stereocenters. The van der Waals surface area contributed by atoms with E-state index in [1.165, 1.54) is 0 Å². The first-order chi connectivity index (χ1) is 11.6. The first-order valence-corrected chi connectivity index (χ1v) is 8.07. The summed E-state index contributed by atoms with van der Waals surface area (Å²) in [6.07, 6.45) is 1.62. The average Bonchev–Trinajstić information content (AvgIpc) is 2.83. The lowest BCUT2D eigenvalue weighted by Crippen LogP contribution is -2.27. The molecule has 0 saturated carbocycles. The number of benzene rings is 1. The molecule has 0 N–H and O–H groups in total. The van der Waals surface area contributed by atoms with Crippen LogP contribution >= 0.6 is 11.8 Å². The quantitative estimate of drug-likeness (QED) is 0.803. The summed E-state index contributed by atoms with van der Waals surface area (Å²) in [6.45, 7) is 1.95. The van der Waals surface area contributed by atoms with Gasteiger partial charge in [0, 0.05) is 5.69 Å². The lowest BCUT2D eigenvalue weighted by molar-refractivity contribution is -0.123. The topological polar surface area (TPSA) is 74.1 Å². The van der Waals surface area contributed by atoms with E-state index >= 15 is 0 Å². The molecule has 0 unspecified atom stereocenters. The maximum atomic E-state index is 12.5. The van der Waals surface area contributed by atoms with Gasteiger partial charge in [0.1, 0.15) is 0 Å². The smallest absolute Gasteiger partial charge is 0.268 e. The third-order valence-corrected chi connectivity index (χ3v) is 4.44. The van der Waals surface area contributed by atoms with Crippen LogP contribution in [0.3, 0.4) is 0 Å². The van der Waals surface area contributed by atoms with Gasteiger partial charge in [-0.25, -0.2) is 0 Å². The zero-order valence-electron chi connectivity index (χ0n) is 12.9. The molecule has 1 aliphatic rings. The van der Waals surface area contributed by atoms with Crippen molar-refractivity contribution in [2.45, 2.75) is 13.5 Å². The monoisotopic (exact) mass is 335 g/mol. The first-order valence-electron chi connectivity index (χ1n) is 7.25. The minimum Gasteiger partial charge on any atom is -0.268 e. The summed E-state index contributed by atoms with van der Waals surface area (Å²) in [5.74, 6) is -0.360. The first kappa shape index (κ1) is 16.0. The summed E-state index contributed by atoms with van der Waals surface area (Å²) >= 11 is 0.891. The molecule has 1 aliphatic heterocycles. The molecule has 2 amide bonds. The zero-order valence-corrected chi connectivity index (χ0v) is 13.7. The fraction of sp³-hybridized carbons (Fsp3) is 0.111. The molecule has 1 saturated heterocycles. The molecular weight excluding hydrogens is 322 g/mol. The second-order valence-corrected chi connectivity index (χ2v) is 6.23. The number of thioether (sulfide) groups is 1. The van der Waals surface area contributed by atoms with Crippen molar-refractivity contribution in [2.75, 3.05) is 0 Å². The normalized spacial score (nSPS) is 15.8. The lowest BCUT2D eigenvalue weighted by Gasteiger charge is -2.13. The number of imide groups is 1. The van der Waals surface area contributed by atoms with Crippen molar-refractivity contribution in [3.05, 3.63) is 69.9 Å². The number of pyridine rings is 1. The van der Waals surface area contributed by atoms with Gasteiger partial charge in [0.15, 0.2) is 0 Å². The van der Waals surface area contributed by atoms with Gasteiger partial charge in [0.05, 0.1) is 28.8 Å². The Morgan fingerprint density at radius 3 is 2.75 bits per heavy atom. The van der Waals surface area contributed by atoms with E-state index in [4.69, 9.17) is 5.26 Å². The Hall–Kier alpha value is -2.91. The molecule has 118 valence electrons. The standard InChI is InChI=1S/C18H13N3O2S/c1-12-5-4-8-15(20-12)9-16-17(22)21(18(23)24-16)11-14-7-3-2-6-13(14)10-19/h2-9H,11H2,1H3/b16-9-. The number of carbonyl (C=O) groups is 2. The van der Waals surface area contributed by atoms with Gasteiger partial charge in [0.25, 0.3) is 11.1 Å². The van der Waals surface area contributed by atoms with Crippen molar-refractivity contribution in [1.29, 1.82) is 5.26 Å². The van der Waals surface area contributed by atoms with Crippen molar-refractivity contribution < 1.29 is 9.59 Å². The number of aryl methyl sites for hydroxylation is 1. The number of amides is 2. The Morgan fingerprint density at radius 1 is 1.21 bits per heavy atom. The molecule has 0 aliphatic carbocycles. The van der Waals surface area contributed by atoms with Gasteiger partial charge in [-0.3, -0.25) is 19.5 Å². The van der Waals surface area contributed by atoms with Crippen molar-refractivity contribution in [3.8, 4) is 6.07 Å². The van der Waals surface area contributed by atoms with Crippen LogP contribution in [0.15, 0.2) is 47.4 Å². The van der Waals surface area contributed by atoms with Gasteiger partial charge in [-0.2, -0.15) is 5.26 Å². The van der Waals surface area contributed by atoms with E-state index in [0.29, 0.717) is 21.7 Å². The van der Waals surface area contributed by atoms with E-state index in [0.717, 1.165) is 22.4 Å². The number of hydrogen-bond donors (Lipinski definition) is 0. The van der Waals surface area contributed by atoms with Gasteiger partial charge < -0.3 is 0 Å². The molecule has 0 bridgehead atoms. The van der Waals surface area contributed by atoms with Crippen LogP contribution in [0.2, 0.25) is 0 Å². The highest BCUT2D eigenvalue weighted by atomic mass is 32.2.